The lowest BCUT2D eigenvalue weighted by Crippen LogP contribution is -2.17. The van der Waals surface area contributed by atoms with Crippen molar-refractivity contribution < 1.29 is 30.7 Å². The number of rotatable bonds is 4. The van der Waals surface area contributed by atoms with E-state index in [1.807, 2.05) is 0 Å². The molecule has 1 aliphatic rings. The van der Waals surface area contributed by atoms with Crippen molar-refractivity contribution >= 4 is 21.2 Å². The highest BCUT2D eigenvalue weighted by atomic mass is 32.2. The Morgan fingerprint density at radius 1 is 1.04 bits per heavy atom. The number of benzene rings is 2. The lowest BCUT2D eigenvalue weighted by Gasteiger charge is -2.14. The van der Waals surface area contributed by atoms with Gasteiger partial charge in [-0.2, -0.15) is 0 Å². The third-order valence-corrected chi connectivity index (χ3v) is 5.51. The Morgan fingerprint density at radius 2 is 1.71 bits per heavy atom. The van der Waals surface area contributed by atoms with Gasteiger partial charge in [-0.15, -0.1) is 13.2 Å². The molecule has 0 saturated heterocycles. The van der Waals surface area contributed by atoms with Crippen molar-refractivity contribution in [2.75, 3.05) is 0 Å². The van der Waals surface area contributed by atoms with Crippen LogP contribution in [0.2, 0.25) is 0 Å². The number of hydrogen-bond acceptors (Lipinski definition) is 3. The largest absolute Gasteiger partial charge is 0.573 e. The van der Waals surface area contributed by atoms with Gasteiger partial charge >= 0.3 is 6.36 Å². The van der Waals surface area contributed by atoms with Gasteiger partial charge in [-0.3, -0.25) is 0 Å². The molecule has 1 aliphatic carbocycles. The zero-order valence-electron chi connectivity index (χ0n) is 14.8. The molecule has 2 aromatic carbocycles. The minimum atomic E-state index is -4.77. The molecule has 0 aliphatic heterocycles. The van der Waals surface area contributed by atoms with Crippen LogP contribution in [-0.4, -0.2) is 14.8 Å². The van der Waals surface area contributed by atoms with Crippen molar-refractivity contribution in [3.8, 4) is 5.75 Å². The lowest BCUT2D eigenvalue weighted by atomic mass is 9.94. The first-order chi connectivity index (χ1) is 13.0. The smallest absolute Gasteiger partial charge is 0.406 e. The molecular weight excluding hydrogens is 398 g/mol. The van der Waals surface area contributed by atoms with Crippen molar-refractivity contribution in [2.45, 2.75) is 37.4 Å². The first kappa shape index (κ1) is 20.3. The van der Waals surface area contributed by atoms with E-state index in [1.54, 1.807) is 13.0 Å². The second kappa shape index (κ2) is 7.21. The molecule has 9 heteroatoms. The van der Waals surface area contributed by atoms with Crippen LogP contribution in [0.1, 0.15) is 36.0 Å². The van der Waals surface area contributed by atoms with E-state index in [-0.39, 0.29) is 5.75 Å². The van der Waals surface area contributed by atoms with Crippen LogP contribution in [0, 0.1) is 12.7 Å². The summed E-state index contributed by atoms with van der Waals surface area (Å²) in [5.41, 5.74) is 3.58. The molecule has 2 aromatic rings. The molecule has 150 valence electrons. The summed E-state index contributed by atoms with van der Waals surface area (Å²) >= 11 is 0. The maximum atomic E-state index is 14.2. The molecule has 0 atom stereocenters. The fraction of sp³-hybridized carbons (Fsp3) is 0.263. The van der Waals surface area contributed by atoms with E-state index < -0.39 is 27.1 Å². The standard InChI is InChI=1S/C19H17F4NO3S/c1-11-9-13(27-19(21,22)23)6-7-14(11)16-4-2-3-15(16)12-5-8-18(17(20)10-12)28(24,25)26/h5-10H,2-4H2,1H3,(H2,24,25,26). The number of nitrogens with two attached hydrogens (primary N) is 1. The van der Waals surface area contributed by atoms with Gasteiger partial charge < -0.3 is 4.74 Å². The Hall–Kier alpha value is -2.39. The average molecular weight is 415 g/mol. The Labute approximate surface area is 159 Å². The van der Waals surface area contributed by atoms with Crippen LogP contribution in [0.4, 0.5) is 17.6 Å². The van der Waals surface area contributed by atoms with E-state index in [2.05, 4.69) is 4.74 Å². The van der Waals surface area contributed by atoms with Crippen LogP contribution in [0.15, 0.2) is 41.3 Å². The third kappa shape index (κ3) is 4.36. The summed E-state index contributed by atoms with van der Waals surface area (Å²) in [6.45, 7) is 1.67. The molecule has 0 radical (unpaired) electrons. The van der Waals surface area contributed by atoms with Crippen LogP contribution in [0.5, 0.6) is 5.75 Å². The molecule has 0 bridgehead atoms. The molecule has 0 saturated carbocycles. The minimum Gasteiger partial charge on any atom is -0.406 e. The molecule has 0 unspecified atom stereocenters. The van der Waals surface area contributed by atoms with Crippen molar-refractivity contribution in [1.29, 1.82) is 0 Å². The zero-order valence-corrected chi connectivity index (χ0v) is 15.6. The number of aryl methyl sites for hydroxylation is 1. The van der Waals surface area contributed by atoms with Crippen LogP contribution in [-0.2, 0) is 10.0 Å². The van der Waals surface area contributed by atoms with Gasteiger partial charge in [0.2, 0.25) is 10.0 Å². The average Bonchev–Trinajstić information content (AvgIpc) is 3.01. The van der Waals surface area contributed by atoms with E-state index in [0.717, 1.165) is 35.3 Å². The van der Waals surface area contributed by atoms with E-state index in [4.69, 9.17) is 5.14 Å². The number of alkyl halides is 3. The van der Waals surface area contributed by atoms with E-state index in [9.17, 15) is 26.0 Å². The van der Waals surface area contributed by atoms with Crippen molar-refractivity contribution in [3.05, 3.63) is 58.9 Å². The highest BCUT2D eigenvalue weighted by Crippen LogP contribution is 2.42. The van der Waals surface area contributed by atoms with Gasteiger partial charge in [0.1, 0.15) is 16.5 Å². The molecule has 0 aromatic heterocycles. The van der Waals surface area contributed by atoms with Crippen molar-refractivity contribution in [1.82, 2.24) is 0 Å². The topological polar surface area (TPSA) is 69.4 Å². The van der Waals surface area contributed by atoms with E-state index in [1.165, 1.54) is 18.2 Å². The summed E-state index contributed by atoms with van der Waals surface area (Å²) in [5.74, 6) is -1.25. The molecule has 0 amide bonds. The molecule has 4 nitrogen and oxygen atoms in total. The maximum absolute atomic E-state index is 14.2. The van der Waals surface area contributed by atoms with Gasteiger partial charge in [-0.05, 0) is 78.3 Å². The van der Waals surface area contributed by atoms with Crippen molar-refractivity contribution in [2.24, 2.45) is 5.14 Å². The van der Waals surface area contributed by atoms with E-state index in [0.29, 0.717) is 24.0 Å². The third-order valence-electron chi connectivity index (χ3n) is 4.56. The lowest BCUT2D eigenvalue weighted by molar-refractivity contribution is -0.274. The van der Waals surface area contributed by atoms with Gasteiger partial charge in [0.25, 0.3) is 0 Å². The number of ether oxygens (including phenoxy) is 1. The second-order valence-electron chi connectivity index (χ2n) is 6.53. The summed E-state index contributed by atoms with van der Waals surface area (Å²) in [6.07, 6.45) is -2.66. The predicted octanol–water partition coefficient (Wildman–Crippen LogP) is 4.77. The molecule has 0 spiro atoms. The van der Waals surface area contributed by atoms with Crippen molar-refractivity contribution in [3.63, 3.8) is 0 Å². The molecular formula is C19H17F4NO3S. The summed E-state index contributed by atoms with van der Waals surface area (Å²) in [4.78, 5) is -0.582. The summed E-state index contributed by atoms with van der Waals surface area (Å²) in [5, 5.41) is 4.99. The van der Waals surface area contributed by atoms with Gasteiger partial charge in [0.15, 0.2) is 0 Å². The first-order valence-corrected chi connectivity index (χ1v) is 9.92. The molecule has 0 fully saturated rings. The SMILES string of the molecule is Cc1cc(OC(F)(F)F)ccc1C1=C(c2ccc(S(N)(=O)=O)c(F)c2)CCC1. The Kier molecular flexibility index (Phi) is 5.24. The summed E-state index contributed by atoms with van der Waals surface area (Å²) in [6, 6.07) is 7.82. The Morgan fingerprint density at radius 3 is 2.29 bits per heavy atom. The Bertz CT molecular complexity index is 1060. The zero-order chi connectivity index (χ0) is 20.7. The fourth-order valence-electron chi connectivity index (χ4n) is 3.45. The predicted molar refractivity (Wildman–Crippen MR) is 96.3 cm³/mol. The first-order valence-electron chi connectivity index (χ1n) is 8.37. The van der Waals surface area contributed by atoms with E-state index >= 15 is 0 Å². The molecule has 0 heterocycles. The maximum Gasteiger partial charge on any atom is 0.573 e. The van der Waals surface area contributed by atoms with Gasteiger partial charge in [-0.1, -0.05) is 12.1 Å². The monoisotopic (exact) mass is 415 g/mol. The van der Waals surface area contributed by atoms with Gasteiger partial charge in [0, 0.05) is 0 Å². The number of primary sulfonamides is 1. The molecule has 3 rings (SSSR count). The molecule has 2 N–H and O–H groups in total. The highest BCUT2D eigenvalue weighted by Gasteiger charge is 2.31. The van der Waals surface area contributed by atoms with Gasteiger partial charge in [0.05, 0.1) is 0 Å². The summed E-state index contributed by atoms with van der Waals surface area (Å²) in [7, 11) is -4.16. The van der Waals surface area contributed by atoms with Crippen LogP contribution < -0.4 is 9.88 Å². The quantitative estimate of drug-likeness (QED) is 0.731. The number of halogens is 4. The van der Waals surface area contributed by atoms with Crippen LogP contribution in [0.25, 0.3) is 11.1 Å². The van der Waals surface area contributed by atoms with Crippen LogP contribution >= 0.6 is 0 Å². The molecule has 28 heavy (non-hydrogen) atoms. The number of allylic oxidation sites excluding steroid dienone is 2. The minimum absolute atomic E-state index is 0.308. The normalized spacial score (nSPS) is 15.2. The second-order valence-corrected chi connectivity index (χ2v) is 8.06. The van der Waals surface area contributed by atoms with Crippen LogP contribution in [0.3, 0.4) is 0 Å². The number of sulfonamides is 1. The number of hydrogen-bond donors (Lipinski definition) is 1. The summed E-state index contributed by atoms with van der Waals surface area (Å²) < 4.78 is 78.1. The Balaban J connectivity index is 2.02. The highest BCUT2D eigenvalue weighted by molar-refractivity contribution is 7.89. The fourth-order valence-corrected chi connectivity index (χ4v) is 4.04. The van der Waals surface area contributed by atoms with Gasteiger partial charge in [-0.25, -0.2) is 17.9 Å².